The number of carboxylic acid groups (broad SMARTS) is 2. The summed E-state index contributed by atoms with van der Waals surface area (Å²) in [5, 5.41) is 21.2. The fourth-order valence-electron chi connectivity index (χ4n) is 2.79. The molecule has 1 heterocycles. The van der Waals surface area contributed by atoms with Crippen LogP contribution in [-0.4, -0.2) is 79.8 Å². The van der Waals surface area contributed by atoms with Gasteiger partial charge in [-0.25, -0.2) is 0 Å². The van der Waals surface area contributed by atoms with Gasteiger partial charge in [-0.15, -0.1) is 11.8 Å². The third-order valence-corrected chi connectivity index (χ3v) is 5.40. The summed E-state index contributed by atoms with van der Waals surface area (Å²) in [6.45, 7) is 4.55. The molecule has 1 aliphatic rings. The van der Waals surface area contributed by atoms with Crippen LogP contribution in [0, 0.1) is 0 Å². The van der Waals surface area contributed by atoms with E-state index in [2.05, 4.69) is 10.6 Å². The number of likely N-dealkylation sites (tertiary alicyclic amines) is 1. The Balaban J connectivity index is 2.75. The molecule has 4 amide bonds. The molecule has 0 saturated carbocycles. The molecule has 1 saturated heterocycles. The Labute approximate surface area is 177 Å². The number of hydrogen-bond donors (Lipinski definition) is 4. The molecule has 11 nitrogen and oxygen atoms in total. The average molecular weight is 445 g/mol. The first-order valence-electron chi connectivity index (χ1n) is 9.32. The van der Waals surface area contributed by atoms with Crippen molar-refractivity contribution in [2.75, 3.05) is 12.3 Å². The predicted octanol–water partition coefficient (Wildman–Crippen LogP) is -0.414. The lowest BCUT2D eigenvalue weighted by atomic mass is 10.1. The van der Waals surface area contributed by atoms with Crippen LogP contribution in [0.4, 0.5) is 0 Å². The molecule has 0 aromatic rings. The van der Waals surface area contributed by atoms with Gasteiger partial charge in [-0.3, -0.25) is 33.7 Å². The maximum Gasteiger partial charge on any atom is 0.322 e. The zero-order valence-corrected chi connectivity index (χ0v) is 17.9. The lowest BCUT2D eigenvalue weighted by molar-refractivity contribution is -0.144. The Morgan fingerprint density at radius 2 is 1.77 bits per heavy atom. The topological polar surface area (TPSA) is 170 Å². The number of hydrogen-bond acceptors (Lipinski definition) is 7. The Morgan fingerprint density at radius 1 is 1.13 bits per heavy atom. The molecular weight excluding hydrogens is 418 g/mol. The van der Waals surface area contributed by atoms with Gasteiger partial charge in [0, 0.05) is 30.6 Å². The van der Waals surface area contributed by atoms with Crippen molar-refractivity contribution in [3.8, 4) is 0 Å². The van der Waals surface area contributed by atoms with Crippen LogP contribution in [0.1, 0.15) is 46.5 Å². The van der Waals surface area contributed by atoms with E-state index in [-0.39, 0.29) is 43.3 Å². The molecule has 4 N–H and O–H groups in total. The van der Waals surface area contributed by atoms with E-state index in [9.17, 15) is 28.8 Å². The minimum atomic E-state index is -1.26. The molecule has 30 heavy (non-hydrogen) atoms. The Morgan fingerprint density at radius 3 is 2.27 bits per heavy atom. The van der Waals surface area contributed by atoms with E-state index in [4.69, 9.17) is 10.2 Å². The molecule has 0 spiro atoms. The molecule has 2 atom stereocenters. The first-order chi connectivity index (χ1) is 13.8. The van der Waals surface area contributed by atoms with Crippen molar-refractivity contribution in [1.29, 1.82) is 0 Å². The van der Waals surface area contributed by atoms with Crippen LogP contribution in [0.15, 0.2) is 0 Å². The quantitative estimate of drug-likeness (QED) is 0.309. The fourth-order valence-corrected chi connectivity index (χ4v) is 3.95. The van der Waals surface area contributed by atoms with Gasteiger partial charge in [0.1, 0.15) is 12.6 Å². The Hall–Kier alpha value is -2.63. The second kappa shape index (κ2) is 11.0. The van der Waals surface area contributed by atoms with E-state index in [1.807, 2.05) is 0 Å². The molecule has 0 aromatic carbocycles. The zero-order chi connectivity index (χ0) is 23.1. The summed E-state index contributed by atoms with van der Waals surface area (Å²) >= 11 is 1.03. The van der Waals surface area contributed by atoms with Crippen LogP contribution in [0.2, 0.25) is 0 Å². The molecule has 1 unspecified atom stereocenters. The van der Waals surface area contributed by atoms with Crippen molar-refractivity contribution >= 4 is 47.3 Å². The van der Waals surface area contributed by atoms with Crippen molar-refractivity contribution in [2.45, 2.75) is 63.3 Å². The van der Waals surface area contributed by atoms with Gasteiger partial charge in [0.25, 0.3) is 0 Å². The minimum absolute atomic E-state index is 0.0310. The predicted molar refractivity (Wildman–Crippen MR) is 107 cm³/mol. The highest BCUT2D eigenvalue weighted by molar-refractivity contribution is 8.00. The van der Waals surface area contributed by atoms with Gasteiger partial charge >= 0.3 is 11.9 Å². The summed E-state index contributed by atoms with van der Waals surface area (Å²) < 4.78 is 0. The molecule has 0 aliphatic carbocycles. The monoisotopic (exact) mass is 445 g/mol. The zero-order valence-electron chi connectivity index (χ0n) is 17.1. The van der Waals surface area contributed by atoms with Gasteiger partial charge in [-0.1, -0.05) is 0 Å². The molecule has 1 fully saturated rings. The summed E-state index contributed by atoms with van der Waals surface area (Å²) in [4.78, 5) is 71.4. The van der Waals surface area contributed by atoms with E-state index in [1.54, 1.807) is 20.8 Å². The molecule has 1 aliphatic heterocycles. The van der Waals surface area contributed by atoms with Crippen LogP contribution in [-0.2, 0) is 28.8 Å². The first kappa shape index (κ1) is 25.4. The number of carboxylic acids is 2. The van der Waals surface area contributed by atoms with Gasteiger partial charge in [-0.05, 0) is 27.2 Å². The molecule has 168 valence electrons. The Kier molecular flexibility index (Phi) is 9.27. The van der Waals surface area contributed by atoms with Gasteiger partial charge < -0.3 is 20.8 Å². The van der Waals surface area contributed by atoms with Crippen molar-refractivity contribution in [1.82, 2.24) is 15.5 Å². The summed E-state index contributed by atoms with van der Waals surface area (Å²) in [5.41, 5.74) is -0.680. The highest BCUT2D eigenvalue weighted by Gasteiger charge is 2.44. The highest BCUT2D eigenvalue weighted by atomic mass is 32.2. The van der Waals surface area contributed by atoms with Gasteiger partial charge in [0.2, 0.25) is 23.6 Å². The number of thioether (sulfide) groups is 1. The number of nitrogens with zero attached hydrogens (tertiary/aromatic N) is 1. The van der Waals surface area contributed by atoms with Crippen LogP contribution in [0.5, 0.6) is 0 Å². The van der Waals surface area contributed by atoms with Gasteiger partial charge in [0.15, 0.2) is 0 Å². The lowest BCUT2D eigenvalue weighted by Gasteiger charge is -2.30. The van der Waals surface area contributed by atoms with Gasteiger partial charge in [-0.2, -0.15) is 0 Å². The molecule has 12 heteroatoms. The van der Waals surface area contributed by atoms with Crippen LogP contribution in [0.3, 0.4) is 0 Å². The summed E-state index contributed by atoms with van der Waals surface area (Å²) in [6.07, 6.45) is -0.289. The van der Waals surface area contributed by atoms with Gasteiger partial charge in [0.05, 0.1) is 5.25 Å². The van der Waals surface area contributed by atoms with E-state index in [1.165, 1.54) is 4.90 Å². The van der Waals surface area contributed by atoms with Crippen LogP contribution >= 0.6 is 11.8 Å². The number of imide groups is 1. The number of rotatable bonds is 11. The van der Waals surface area contributed by atoms with Crippen molar-refractivity contribution in [2.24, 2.45) is 0 Å². The fraction of sp³-hybridized carbons (Fsp3) is 0.667. The van der Waals surface area contributed by atoms with E-state index < -0.39 is 47.1 Å². The second-order valence-electron chi connectivity index (χ2n) is 7.74. The second-order valence-corrected chi connectivity index (χ2v) is 8.98. The van der Waals surface area contributed by atoms with E-state index in [0.29, 0.717) is 0 Å². The number of carbonyl (C=O) groups is 6. The van der Waals surface area contributed by atoms with E-state index in [0.717, 1.165) is 11.8 Å². The third-order valence-electron chi connectivity index (χ3n) is 4.10. The Bertz CT molecular complexity index is 719. The summed E-state index contributed by atoms with van der Waals surface area (Å²) in [5.74, 6) is -4.40. The molecular formula is C18H27N3O8S. The first-order valence-corrected chi connectivity index (χ1v) is 10.4. The highest BCUT2D eigenvalue weighted by Crippen LogP contribution is 2.30. The number of amides is 4. The maximum absolute atomic E-state index is 12.6. The molecule has 0 radical (unpaired) electrons. The number of nitrogens with one attached hydrogen (secondary N) is 2. The number of aliphatic carboxylic acids is 2. The smallest absolute Gasteiger partial charge is 0.322 e. The molecule has 1 rings (SSSR count). The van der Waals surface area contributed by atoms with Crippen molar-refractivity contribution < 1.29 is 39.0 Å². The molecule has 0 bridgehead atoms. The number of carbonyl (C=O) groups excluding carboxylic acids is 4. The van der Waals surface area contributed by atoms with Crippen LogP contribution in [0.25, 0.3) is 0 Å². The molecule has 0 aromatic heterocycles. The van der Waals surface area contributed by atoms with Crippen molar-refractivity contribution in [3.63, 3.8) is 0 Å². The normalized spacial score (nSPS) is 17.6. The maximum atomic E-state index is 12.6. The summed E-state index contributed by atoms with van der Waals surface area (Å²) in [7, 11) is 0. The third kappa shape index (κ3) is 8.01. The van der Waals surface area contributed by atoms with E-state index >= 15 is 0 Å². The average Bonchev–Trinajstić information content (AvgIpc) is 2.89. The largest absolute Gasteiger partial charge is 0.481 e. The van der Waals surface area contributed by atoms with Crippen LogP contribution < -0.4 is 10.6 Å². The summed E-state index contributed by atoms with van der Waals surface area (Å²) in [6, 6.07) is -1.14. The SMILES string of the molecule is CC(C)(C)N1C(=O)CC(SC[C@H](NC(=O)CCCC(=O)O)C(=O)NCC(=O)O)C1=O. The van der Waals surface area contributed by atoms with Crippen molar-refractivity contribution in [3.05, 3.63) is 0 Å². The standard InChI is InChI=1S/C18H27N3O8S/c1-18(2,3)21-13(23)7-11(17(21)29)30-9-10(16(28)19-8-15(26)27)20-12(22)5-4-6-14(24)25/h10-11H,4-9H2,1-3H3,(H,19,28)(H,20,22)(H,24,25)(H,26,27)/t10-,11?/m0/s1. The lowest BCUT2D eigenvalue weighted by Crippen LogP contribution is -2.50. The minimum Gasteiger partial charge on any atom is -0.481 e.